The lowest BCUT2D eigenvalue weighted by atomic mass is 9.98. The molecule has 2 aliphatic rings. The van der Waals surface area contributed by atoms with Crippen molar-refractivity contribution < 1.29 is 73.8 Å². The summed E-state index contributed by atoms with van der Waals surface area (Å²) in [4.78, 5) is 25.9. The summed E-state index contributed by atoms with van der Waals surface area (Å²) in [6.45, 7) is 2.62. The second-order valence-electron chi connectivity index (χ2n) is 22.2. The molecule has 0 saturated carbocycles. The molecule has 0 amide bonds. The lowest BCUT2D eigenvalue weighted by Crippen LogP contribution is -2.61. The zero-order chi connectivity index (χ0) is 56.0. The van der Waals surface area contributed by atoms with Gasteiger partial charge in [-0.2, -0.15) is 0 Å². The molecule has 0 aliphatic carbocycles. The van der Waals surface area contributed by atoms with E-state index in [1.165, 1.54) is 161 Å². The van der Waals surface area contributed by atoms with E-state index in [0.29, 0.717) is 12.8 Å². The van der Waals surface area contributed by atoms with Crippen LogP contribution in [0.4, 0.5) is 0 Å². The van der Waals surface area contributed by atoms with Gasteiger partial charge in [-0.3, -0.25) is 9.59 Å². The summed E-state index contributed by atoms with van der Waals surface area (Å²) in [5.74, 6) is -0.919. The number of aliphatic hydroxyl groups is 7. The third-order valence-corrected chi connectivity index (χ3v) is 15.2. The first kappa shape index (κ1) is 71.1. The van der Waals surface area contributed by atoms with Gasteiger partial charge in [-0.1, -0.05) is 231 Å². The smallest absolute Gasteiger partial charge is 0.306 e. The van der Waals surface area contributed by atoms with Gasteiger partial charge in [0.15, 0.2) is 18.7 Å². The van der Waals surface area contributed by atoms with E-state index in [2.05, 4.69) is 38.2 Å². The topological polar surface area (TPSA) is 231 Å². The Morgan fingerprint density at radius 2 is 0.779 bits per heavy atom. The largest absolute Gasteiger partial charge is 0.462 e. The Bertz CT molecular complexity index is 1430. The van der Waals surface area contributed by atoms with Crippen molar-refractivity contribution in [3.05, 3.63) is 24.3 Å². The van der Waals surface area contributed by atoms with Crippen LogP contribution in [0, 0.1) is 0 Å². The van der Waals surface area contributed by atoms with Crippen LogP contribution in [0.5, 0.6) is 0 Å². The molecule has 15 heteroatoms. The fourth-order valence-corrected chi connectivity index (χ4v) is 10.1. The number of carbonyl (C=O) groups is 2. The molecule has 0 radical (unpaired) electrons. The van der Waals surface area contributed by atoms with Gasteiger partial charge in [-0.15, -0.1) is 0 Å². The number of carbonyl (C=O) groups excluding carboxylic acids is 2. The molecule has 15 nitrogen and oxygen atoms in total. The predicted molar refractivity (Wildman–Crippen MR) is 303 cm³/mol. The number of ether oxygens (including phenoxy) is 6. The van der Waals surface area contributed by atoms with Crippen LogP contribution in [-0.2, 0) is 38.0 Å². The molecule has 2 rings (SSSR count). The van der Waals surface area contributed by atoms with Crippen molar-refractivity contribution in [1.82, 2.24) is 0 Å². The minimum Gasteiger partial charge on any atom is -0.462 e. The quantitative estimate of drug-likeness (QED) is 0.0171. The van der Waals surface area contributed by atoms with Crippen LogP contribution < -0.4 is 0 Å². The normalized spacial score (nSPS) is 24.3. The monoisotopic (exact) mass is 1100 g/mol. The van der Waals surface area contributed by atoms with E-state index < -0.39 is 92.7 Å². The average molecular weight is 1100 g/mol. The molecule has 0 spiro atoms. The van der Waals surface area contributed by atoms with Crippen molar-refractivity contribution in [2.24, 2.45) is 0 Å². The average Bonchev–Trinajstić information content (AvgIpc) is 3.43. The van der Waals surface area contributed by atoms with Crippen LogP contribution in [0.15, 0.2) is 24.3 Å². The van der Waals surface area contributed by atoms with E-state index >= 15 is 0 Å². The first-order valence-electron chi connectivity index (χ1n) is 31.4. The minimum absolute atomic E-state index is 0.159. The molecular weight excluding hydrogens is 985 g/mol. The molecule has 2 aliphatic heterocycles. The Balaban J connectivity index is 1.70. The maximum absolute atomic E-state index is 13.1. The van der Waals surface area contributed by atoms with Gasteiger partial charge in [-0.25, -0.2) is 0 Å². The number of rotatable bonds is 51. The van der Waals surface area contributed by atoms with Crippen molar-refractivity contribution >= 4 is 11.9 Å². The molecule has 2 fully saturated rings. The highest BCUT2D eigenvalue weighted by Crippen LogP contribution is 2.27. The molecule has 77 heavy (non-hydrogen) atoms. The van der Waals surface area contributed by atoms with Gasteiger partial charge in [0, 0.05) is 12.8 Å². The van der Waals surface area contributed by atoms with E-state index in [-0.39, 0.29) is 26.1 Å². The predicted octanol–water partition coefficient (Wildman–Crippen LogP) is 11.4. The van der Waals surface area contributed by atoms with E-state index in [9.17, 15) is 45.3 Å². The molecule has 0 aromatic heterocycles. The summed E-state index contributed by atoms with van der Waals surface area (Å²) < 4.78 is 33.8. The summed E-state index contributed by atoms with van der Waals surface area (Å²) in [6, 6.07) is 0. The van der Waals surface area contributed by atoms with Crippen molar-refractivity contribution in [1.29, 1.82) is 0 Å². The third kappa shape index (κ3) is 35.5. The summed E-state index contributed by atoms with van der Waals surface area (Å²) in [7, 11) is 0. The first-order valence-corrected chi connectivity index (χ1v) is 31.4. The van der Waals surface area contributed by atoms with Crippen molar-refractivity contribution in [3.63, 3.8) is 0 Å². The van der Waals surface area contributed by atoms with E-state index in [1.807, 2.05) is 0 Å². The lowest BCUT2D eigenvalue weighted by Gasteiger charge is -2.42. The van der Waals surface area contributed by atoms with E-state index in [4.69, 9.17) is 28.4 Å². The highest BCUT2D eigenvalue weighted by Gasteiger charge is 2.47. The van der Waals surface area contributed by atoms with E-state index in [1.54, 1.807) is 0 Å². The number of unbranched alkanes of at least 4 members (excludes halogenated alkanes) is 33. The fourth-order valence-electron chi connectivity index (χ4n) is 10.1. The molecule has 0 aromatic rings. The maximum Gasteiger partial charge on any atom is 0.306 e. The molecule has 452 valence electrons. The van der Waals surface area contributed by atoms with Gasteiger partial charge in [0.05, 0.1) is 19.8 Å². The Kier molecular flexibility index (Phi) is 44.9. The summed E-state index contributed by atoms with van der Waals surface area (Å²) in [5, 5.41) is 72.4. The molecule has 0 aromatic carbocycles. The van der Waals surface area contributed by atoms with Crippen molar-refractivity contribution in [3.8, 4) is 0 Å². The number of aliphatic hydroxyl groups excluding tert-OH is 7. The molecule has 2 saturated heterocycles. The van der Waals surface area contributed by atoms with Crippen molar-refractivity contribution in [2.45, 2.75) is 332 Å². The second-order valence-corrected chi connectivity index (χ2v) is 22.2. The van der Waals surface area contributed by atoms with Gasteiger partial charge < -0.3 is 64.2 Å². The van der Waals surface area contributed by atoms with Crippen LogP contribution in [0.2, 0.25) is 0 Å². The Morgan fingerprint density at radius 1 is 0.416 bits per heavy atom. The second kappa shape index (κ2) is 48.7. The first-order chi connectivity index (χ1) is 37.5. The van der Waals surface area contributed by atoms with Crippen LogP contribution in [0.3, 0.4) is 0 Å². The number of hydrogen-bond donors (Lipinski definition) is 7. The number of allylic oxidation sites excluding steroid dienone is 4. The minimum atomic E-state index is -1.77. The number of esters is 2. The zero-order valence-electron chi connectivity index (χ0n) is 48.5. The highest BCUT2D eigenvalue weighted by molar-refractivity contribution is 5.70. The molecule has 11 unspecified atom stereocenters. The third-order valence-electron chi connectivity index (χ3n) is 15.2. The summed E-state index contributed by atoms with van der Waals surface area (Å²) in [5.41, 5.74) is 0. The summed E-state index contributed by atoms with van der Waals surface area (Å²) in [6.07, 6.45) is 37.7. The van der Waals surface area contributed by atoms with Gasteiger partial charge in [0.25, 0.3) is 0 Å². The van der Waals surface area contributed by atoms with Crippen LogP contribution in [0.1, 0.15) is 264 Å². The standard InChI is InChI=1S/C62H114O15/c1-3-5-7-9-11-13-15-17-19-21-22-23-24-25-26-27-29-30-32-34-36-38-40-42-44-53(64)72-47-50(75-54(65)45-43-41-39-37-35-33-31-28-20-18-16-14-12-10-8-6-4-2)48-73-61-60(71)58(69)56(67)52(77-61)49-74-62-59(70)57(68)55(66)51(46-63)76-62/h12,14,18,20,50-52,55-63,66-71H,3-11,13,15-17,19,21-49H2,1-2H3/b14-12-,20-18-. The molecular formula is C62H114O15. The van der Waals surface area contributed by atoms with Gasteiger partial charge in [-0.05, 0) is 44.9 Å². The Morgan fingerprint density at radius 3 is 1.23 bits per heavy atom. The van der Waals surface area contributed by atoms with Gasteiger partial charge in [0.1, 0.15) is 55.4 Å². The summed E-state index contributed by atoms with van der Waals surface area (Å²) >= 11 is 0. The Hall–Kier alpha value is -2.02. The van der Waals surface area contributed by atoms with E-state index in [0.717, 1.165) is 64.2 Å². The molecule has 11 atom stereocenters. The molecule has 2 heterocycles. The molecule has 7 N–H and O–H groups in total. The van der Waals surface area contributed by atoms with Crippen LogP contribution in [0.25, 0.3) is 0 Å². The van der Waals surface area contributed by atoms with Crippen LogP contribution in [-0.4, -0.2) is 142 Å². The number of hydrogen-bond acceptors (Lipinski definition) is 15. The maximum atomic E-state index is 13.1. The van der Waals surface area contributed by atoms with Gasteiger partial charge >= 0.3 is 11.9 Å². The van der Waals surface area contributed by atoms with Gasteiger partial charge in [0.2, 0.25) is 0 Å². The highest BCUT2D eigenvalue weighted by atomic mass is 16.7. The Labute approximate surface area is 466 Å². The van der Waals surface area contributed by atoms with Crippen LogP contribution >= 0.6 is 0 Å². The fraction of sp³-hybridized carbons (Fsp3) is 0.903. The lowest BCUT2D eigenvalue weighted by molar-refractivity contribution is -0.332. The molecule has 0 bridgehead atoms. The SMILES string of the molecule is CCCCC/C=C\C/C=C\CCCCCCCCCC(=O)OC(COC(=O)CCCCCCCCCCCCCCCCCCCCCCCCCC)COC1OC(COC2OC(CO)C(O)C(O)C2O)C(O)C(O)C1O. The van der Waals surface area contributed by atoms with Crippen molar-refractivity contribution in [2.75, 3.05) is 26.4 Å². The zero-order valence-corrected chi connectivity index (χ0v) is 48.5.